The van der Waals surface area contributed by atoms with Crippen LogP contribution in [0.3, 0.4) is 0 Å². The Balaban J connectivity index is 0.00000144. The molecule has 1 saturated heterocycles. The minimum absolute atomic E-state index is 0. The lowest BCUT2D eigenvalue weighted by atomic mass is 10.2. The maximum absolute atomic E-state index is 12.2. The minimum atomic E-state index is 0. The fourth-order valence-corrected chi connectivity index (χ4v) is 1.96. The van der Waals surface area contributed by atoms with Gasteiger partial charge in [0.1, 0.15) is 0 Å². The van der Waals surface area contributed by atoms with Gasteiger partial charge >= 0.3 is 0 Å². The Kier molecular flexibility index (Phi) is 4.96. The van der Waals surface area contributed by atoms with E-state index in [1.807, 2.05) is 18.0 Å². The number of nitrogens with one attached hydrogen (secondary N) is 1. The first-order valence-corrected chi connectivity index (χ1v) is 5.76. The van der Waals surface area contributed by atoms with Gasteiger partial charge < -0.3 is 10.2 Å². The first-order chi connectivity index (χ1) is 7.72. The number of carbonyl (C=O) groups excluding carboxylic acids is 1. The van der Waals surface area contributed by atoms with Crippen LogP contribution >= 0.6 is 12.4 Å². The van der Waals surface area contributed by atoms with Gasteiger partial charge in [-0.25, -0.2) is 0 Å². The van der Waals surface area contributed by atoms with Crippen LogP contribution in [0.25, 0.3) is 0 Å². The molecule has 1 aliphatic heterocycles. The zero-order valence-corrected chi connectivity index (χ0v) is 11.0. The number of carbonyl (C=O) groups is 1. The maximum Gasteiger partial charge on any atom is 0.257 e. The second-order valence-electron chi connectivity index (χ2n) is 4.14. The summed E-state index contributed by atoms with van der Waals surface area (Å²) in [7, 11) is 0. The summed E-state index contributed by atoms with van der Waals surface area (Å²) in [6, 6.07) is 0.256. The van der Waals surface area contributed by atoms with Crippen molar-refractivity contribution in [1.29, 1.82) is 0 Å². The molecular formula is C11H19ClN4O. The summed E-state index contributed by atoms with van der Waals surface area (Å²) in [6.07, 6.45) is 3.47. The molecule has 1 N–H and O–H groups in total. The summed E-state index contributed by atoms with van der Waals surface area (Å²) in [5, 5.41) is 7.40. The van der Waals surface area contributed by atoms with E-state index in [9.17, 15) is 4.79 Å². The molecule has 96 valence electrons. The molecule has 1 aromatic heterocycles. The van der Waals surface area contributed by atoms with E-state index in [0.717, 1.165) is 26.2 Å². The van der Waals surface area contributed by atoms with Gasteiger partial charge in [0.05, 0.1) is 11.8 Å². The molecule has 1 atom stereocenters. The summed E-state index contributed by atoms with van der Waals surface area (Å²) < 4.78 is 1.78. The Labute approximate surface area is 108 Å². The predicted molar refractivity (Wildman–Crippen MR) is 68.5 cm³/mol. The lowest BCUT2D eigenvalue weighted by Crippen LogP contribution is -2.52. The SMILES string of the molecule is CCn1cc(C(=O)N2CCNC[C@@H]2C)cn1.Cl. The van der Waals surface area contributed by atoms with Gasteiger partial charge in [0, 0.05) is 38.4 Å². The monoisotopic (exact) mass is 258 g/mol. The molecule has 0 aliphatic carbocycles. The summed E-state index contributed by atoms with van der Waals surface area (Å²) in [4.78, 5) is 14.1. The van der Waals surface area contributed by atoms with Crippen LogP contribution in [0.1, 0.15) is 24.2 Å². The molecule has 0 unspecified atom stereocenters. The normalized spacial score (nSPS) is 19.9. The van der Waals surface area contributed by atoms with E-state index < -0.39 is 0 Å². The van der Waals surface area contributed by atoms with Crippen molar-refractivity contribution in [3.8, 4) is 0 Å². The van der Waals surface area contributed by atoms with Crippen molar-refractivity contribution in [3.05, 3.63) is 18.0 Å². The Hall–Kier alpha value is -1.07. The second kappa shape index (κ2) is 6.02. The molecular weight excluding hydrogens is 240 g/mol. The van der Waals surface area contributed by atoms with Crippen molar-refractivity contribution in [2.45, 2.75) is 26.4 Å². The summed E-state index contributed by atoms with van der Waals surface area (Å²) in [6.45, 7) is 7.39. The van der Waals surface area contributed by atoms with Crippen LogP contribution in [0, 0.1) is 0 Å². The molecule has 1 aromatic rings. The van der Waals surface area contributed by atoms with Gasteiger partial charge in [-0.05, 0) is 13.8 Å². The van der Waals surface area contributed by atoms with Crippen molar-refractivity contribution >= 4 is 18.3 Å². The predicted octanol–water partition coefficient (Wildman–Crippen LogP) is 0.759. The topological polar surface area (TPSA) is 50.2 Å². The van der Waals surface area contributed by atoms with E-state index in [1.54, 1.807) is 10.9 Å². The van der Waals surface area contributed by atoms with Crippen molar-refractivity contribution < 1.29 is 4.79 Å². The number of aromatic nitrogens is 2. The van der Waals surface area contributed by atoms with Crippen molar-refractivity contribution in [1.82, 2.24) is 20.0 Å². The molecule has 5 nitrogen and oxygen atoms in total. The third-order valence-corrected chi connectivity index (χ3v) is 2.97. The number of hydrogen-bond acceptors (Lipinski definition) is 3. The lowest BCUT2D eigenvalue weighted by molar-refractivity contribution is 0.0655. The van der Waals surface area contributed by atoms with Gasteiger partial charge in [-0.3, -0.25) is 9.48 Å². The van der Waals surface area contributed by atoms with Crippen LogP contribution in [0.4, 0.5) is 0 Å². The number of hydrogen-bond donors (Lipinski definition) is 1. The maximum atomic E-state index is 12.2. The van der Waals surface area contributed by atoms with Crippen molar-refractivity contribution in [2.24, 2.45) is 0 Å². The van der Waals surface area contributed by atoms with E-state index >= 15 is 0 Å². The van der Waals surface area contributed by atoms with E-state index in [-0.39, 0.29) is 24.4 Å². The Morgan fingerprint density at radius 1 is 1.65 bits per heavy atom. The Bertz CT molecular complexity index is 379. The highest BCUT2D eigenvalue weighted by Crippen LogP contribution is 2.09. The highest BCUT2D eigenvalue weighted by atomic mass is 35.5. The third-order valence-electron chi connectivity index (χ3n) is 2.97. The second-order valence-corrected chi connectivity index (χ2v) is 4.14. The molecule has 2 rings (SSSR count). The van der Waals surface area contributed by atoms with Crippen LogP contribution in [0.15, 0.2) is 12.4 Å². The molecule has 0 spiro atoms. The van der Waals surface area contributed by atoms with Gasteiger partial charge in [-0.1, -0.05) is 0 Å². The quantitative estimate of drug-likeness (QED) is 0.852. The first kappa shape index (κ1) is 14.0. The lowest BCUT2D eigenvalue weighted by Gasteiger charge is -2.33. The van der Waals surface area contributed by atoms with Crippen LogP contribution in [0.5, 0.6) is 0 Å². The van der Waals surface area contributed by atoms with Gasteiger partial charge in [-0.15, -0.1) is 12.4 Å². The van der Waals surface area contributed by atoms with Crippen molar-refractivity contribution in [2.75, 3.05) is 19.6 Å². The summed E-state index contributed by atoms with van der Waals surface area (Å²) in [5.41, 5.74) is 0.690. The molecule has 1 amide bonds. The van der Waals surface area contributed by atoms with Crippen LogP contribution in [0.2, 0.25) is 0 Å². The number of amides is 1. The van der Waals surface area contributed by atoms with Gasteiger partial charge in [0.25, 0.3) is 5.91 Å². The fourth-order valence-electron chi connectivity index (χ4n) is 1.96. The van der Waals surface area contributed by atoms with E-state index in [2.05, 4.69) is 17.3 Å². The molecule has 0 radical (unpaired) electrons. The van der Waals surface area contributed by atoms with Gasteiger partial charge in [0.2, 0.25) is 0 Å². The first-order valence-electron chi connectivity index (χ1n) is 5.76. The molecule has 0 saturated carbocycles. The summed E-state index contributed by atoms with van der Waals surface area (Å²) in [5.74, 6) is 0.0914. The Morgan fingerprint density at radius 2 is 2.41 bits per heavy atom. The van der Waals surface area contributed by atoms with E-state index in [0.29, 0.717) is 5.56 Å². The smallest absolute Gasteiger partial charge is 0.257 e. The average molecular weight is 259 g/mol. The summed E-state index contributed by atoms with van der Waals surface area (Å²) >= 11 is 0. The van der Waals surface area contributed by atoms with Crippen LogP contribution in [-0.4, -0.2) is 46.3 Å². The third kappa shape index (κ3) is 2.98. The van der Waals surface area contributed by atoms with Gasteiger partial charge in [0.15, 0.2) is 0 Å². The molecule has 17 heavy (non-hydrogen) atoms. The van der Waals surface area contributed by atoms with Crippen LogP contribution < -0.4 is 5.32 Å². The standard InChI is InChI=1S/C11H18N4O.ClH/c1-3-14-8-10(7-13-14)11(16)15-5-4-12-6-9(15)2;/h7-9,12H,3-6H2,1-2H3;1H/t9-;/m0./s1. The molecule has 0 aromatic carbocycles. The van der Waals surface area contributed by atoms with E-state index in [1.165, 1.54) is 0 Å². The number of piperazine rings is 1. The number of aryl methyl sites for hydroxylation is 1. The van der Waals surface area contributed by atoms with Crippen LogP contribution in [-0.2, 0) is 6.54 Å². The molecule has 2 heterocycles. The average Bonchev–Trinajstić information content (AvgIpc) is 2.77. The Morgan fingerprint density at radius 3 is 3.00 bits per heavy atom. The minimum Gasteiger partial charge on any atom is -0.333 e. The molecule has 6 heteroatoms. The molecule has 1 fully saturated rings. The zero-order chi connectivity index (χ0) is 11.5. The fraction of sp³-hybridized carbons (Fsp3) is 0.636. The molecule has 1 aliphatic rings. The highest BCUT2D eigenvalue weighted by molar-refractivity contribution is 5.94. The largest absolute Gasteiger partial charge is 0.333 e. The van der Waals surface area contributed by atoms with Crippen molar-refractivity contribution in [3.63, 3.8) is 0 Å². The number of nitrogens with zero attached hydrogens (tertiary/aromatic N) is 3. The van der Waals surface area contributed by atoms with Gasteiger partial charge in [-0.2, -0.15) is 5.10 Å². The van der Waals surface area contributed by atoms with E-state index in [4.69, 9.17) is 0 Å². The number of rotatable bonds is 2. The number of halogens is 1. The zero-order valence-electron chi connectivity index (χ0n) is 10.2. The highest BCUT2D eigenvalue weighted by Gasteiger charge is 2.24. The molecule has 0 bridgehead atoms.